The fourth-order valence-electron chi connectivity index (χ4n) is 1.20. The minimum Gasteiger partial charge on any atom is -0.481 e. The van der Waals surface area contributed by atoms with Crippen LogP contribution < -0.4 is 0 Å². The summed E-state index contributed by atoms with van der Waals surface area (Å²) < 4.78 is 0. The van der Waals surface area contributed by atoms with Crippen LogP contribution >= 0.6 is 11.8 Å². The van der Waals surface area contributed by atoms with Crippen LogP contribution in [0.15, 0.2) is 0 Å². The molecular formula is C7H12O3S. The van der Waals surface area contributed by atoms with Crippen LogP contribution in [-0.4, -0.2) is 33.8 Å². The second kappa shape index (κ2) is 3.97. The van der Waals surface area contributed by atoms with Crippen LogP contribution in [0.4, 0.5) is 0 Å². The predicted molar refractivity (Wildman–Crippen MR) is 43.7 cm³/mol. The maximum atomic E-state index is 10.5. The highest BCUT2D eigenvalue weighted by Crippen LogP contribution is 2.22. The molecule has 1 aliphatic heterocycles. The third kappa shape index (κ3) is 2.38. The highest BCUT2D eigenvalue weighted by atomic mass is 32.2. The highest BCUT2D eigenvalue weighted by Gasteiger charge is 2.27. The molecule has 2 atom stereocenters. The van der Waals surface area contributed by atoms with Crippen molar-refractivity contribution in [2.24, 2.45) is 5.92 Å². The third-order valence-corrected chi connectivity index (χ3v) is 2.96. The number of aliphatic hydroxyl groups excluding tert-OH is 1. The normalized spacial score (nSPS) is 32.8. The second-order valence-electron chi connectivity index (χ2n) is 2.70. The number of carboxylic acids is 1. The first-order chi connectivity index (χ1) is 5.22. The summed E-state index contributed by atoms with van der Waals surface area (Å²) in [6, 6.07) is 0. The van der Waals surface area contributed by atoms with Gasteiger partial charge in [0.05, 0.1) is 12.0 Å². The van der Waals surface area contributed by atoms with Gasteiger partial charge in [0.1, 0.15) is 0 Å². The summed E-state index contributed by atoms with van der Waals surface area (Å²) in [6.07, 6.45) is 0.575. The van der Waals surface area contributed by atoms with Crippen molar-refractivity contribution in [1.29, 1.82) is 0 Å². The van der Waals surface area contributed by atoms with Crippen molar-refractivity contribution in [2.45, 2.75) is 18.9 Å². The Bertz CT molecular complexity index is 149. The number of aliphatic hydroxyl groups is 1. The zero-order valence-electron chi connectivity index (χ0n) is 6.19. The Balaban J connectivity index is 2.52. The SMILES string of the molecule is O=C(O)[C@H]1CCSCC[C@H]1O. The summed E-state index contributed by atoms with van der Waals surface area (Å²) in [5.41, 5.74) is 0. The Kier molecular flexibility index (Phi) is 3.20. The number of aliphatic carboxylic acids is 1. The standard InChI is InChI=1S/C7H12O3S/c8-6-2-4-11-3-1-5(6)7(9)10/h5-6,8H,1-4H2,(H,9,10)/t5-,6+/m0/s1. The summed E-state index contributed by atoms with van der Waals surface area (Å²) in [5.74, 6) is 0.337. The van der Waals surface area contributed by atoms with E-state index < -0.39 is 18.0 Å². The molecule has 2 N–H and O–H groups in total. The fraction of sp³-hybridized carbons (Fsp3) is 0.857. The van der Waals surface area contributed by atoms with Gasteiger partial charge in [-0.1, -0.05) is 0 Å². The number of carboxylic acid groups (broad SMARTS) is 1. The average molecular weight is 176 g/mol. The summed E-state index contributed by atoms with van der Waals surface area (Å²) in [6.45, 7) is 0. The summed E-state index contributed by atoms with van der Waals surface area (Å²) in [7, 11) is 0. The molecule has 3 nitrogen and oxygen atoms in total. The molecule has 0 bridgehead atoms. The molecule has 11 heavy (non-hydrogen) atoms. The smallest absolute Gasteiger partial charge is 0.309 e. The van der Waals surface area contributed by atoms with Gasteiger partial charge in [-0.2, -0.15) is 11.8 Å². The predicted octanol–water partition coefficient (Wildman–Crippen LogP) is 0.575. The molecular weight excluding hydrogens is 164 g/mol. The summed E-state index contributed by atoms with van der Waals surface area (Å²) in [5, 5.41) is 18.0. The van der Waals surface area contributed by atoms with Crippen LogP contribution in [0.1, 0.15) is 12.8 Å². The molecule has 1 rings (SSSR count). The summed E-state index contributed by atoms with van der Waals surface area (Å²) in [4.78, 5) is 10.5. The van der Waals surface area contributed by atoms with E-state index in [9.17, 15) is 9.90 Å². The van der Waals surface area contributed by atoms with E-state index in [1.165, 1.54) is 0 Å². The molecule has 0 spiro atoms. The number of carbonyl (C=O) groups is 1. The molecule has 0 unspecified atom stereocenters. The van der Waals surface area contributed by atoms with Gasteiger partial charge in [0.25, 0.3) is 0 Å². The molecule has 0 aliphatic carbocycles. The molecule has 4 heteroatoms. The van der Waals surface area contributed by atoms with Crippen molar-refractivity contribution < 1.29 is 15.0 Å². The molecule has 0 radical (unpaired) electrons. The van der Waals surface area contributed by atoms with Gasteiger partial charge < -0.3 is 10.2 Å². The average Bonchev–Trinajstić information content (AvgIpc) is 2.13. The Morgan fingerprint density at radius 1 is 1.36 bits per heavy atom. The molecule has 64 valence electrons. The zero-order valence-corrected chi connectivity index (χ0v) is 7.01. The van der Waals surface area contributed by atoms with Gasteiger partial charge in [-0.25, -0.2) is 0 Å². The van der Waals surface area contributed by atoms with E-state index in [-0.39, 0.29) is 0 Å². The number of hydrogen-bond acceptors (Lipinski definition) is 3. The van der Waals surface area contributed by atoms with Crippen molar-refractivity contribution in [3.63, 3.8) is 0 Å². The molecule has 1 saturated heterocycles. The van der Waals surface area contributed by atoms with Crippen molar-refractivity contribution in [3.05, 3.63) is 0 Å². The van der Waals surface area contributed by atoms with Crippen LogP contribution in [0.3, 0.4) is 0 Å². The lowest BCUT2D eigenvalue weighted by molar-refractivity contribution is -0.145. The van der Waals surface area contributed by atoms with E-state index in [0.29, 0.717) is 12.8 Å². The lowest BCUT2D eigenvalue weighted by atomic mass is 9.98. The first-order valence-corrected chi connectivity index (χ1v) is 4.86. The zero-order chi connectivity index (χ0) is 8.27. The van der Waals surface area contributed by atoms with Gasteiger partial charge in [0.2, 0.25) is 0 Å². The van der Waals surface area contributed by atoms with Gasteiger partial charge in [-0.3, -0.25) is 4.79 Å². The Morgan fingerprint density at radius 3 is 2.64 bits per heavy atom. The van der Waals surface area contributed by atoms with Crippen molar-refractivity contribution in [2.75, 3.05) is 11.5 Å². The first kappa shape index (κ1) is 8.87. The largest absolute Gasteiger partial charge is 0.481 e. The van der Waals surface area contributed by atoms with Gasteiger partial charge in [0.15, 0.2) is 0 Å². The number of thioether (sulfide) groups is 1. The quantitative estimate of drug-likeness (QED) is 0.613. The van der Waals surface area contributed by atoms with E-state index in [4.69, 9.17) is 5.11 Å². The third-order valence-electron chi connectivity index (χ3n) is 1.91. The first-order valence-electron chi connectivity index (χ1n) is 3.70. The molecule has 1 heterocycles. The Labute approximate surface area is 69.8 Å². The molecule has 1 aliphatic rings. The topological polar surface area (TPSA) is 57.5 Å². The highest BCUT2D eigenvalue weighted by molar-refractivity contribution is 7.99. The van der Waals surface area contributed by atoms with Crippen LogP contribution in [0.25, 0.3) is 0 Å². The van der Waals surface area contributed by atoms with E-state index in [1.807, 2.05) is 0 Å². The van der Waals surface area contributed by atoms with Crippen molar-refractivity contribution in [3.8, 4) is 0 Å². The second-order valence-corrected chi connectivity index (χ2v) is 3.93. The summed E-state index contributed by atoms with van der Waals surface area (Å²) >= 11 is 1.72. The Hall–Kier alpha value is -0.220. The van der Waals surface area contributed by atoms with Gasteiger partial charge in [-0.05, 0) is 24.3 Å². The van der Waals surface area contributed by atoms with Crippen LogP contribution in [0, 0.1) is 5.92 Å². The monoisotopic (exact) mass is 176 g/mol. The number of hydrogen-bond donors (Lipinski definition) is 2. The fourth-order valence-corrected chi connectivity index (χ4v) is 2.23. The van der Waals surface area contributed by atoms with Gasteiger partial charge in [0, 0.05) is 0 Å². The van der Waals surface area contributed by atoms with Gasteiger partial charge in [-0.15, -0.1) is 0 Å². The maximum Gasteiger partial charge on any atom is 0.309 e. The van der Waals surface area contributed by atoms with E-state index in [2.05, 4.69) is 0 Å². The molecule has 1 fully saturated rings. The van der Waals surface area contributed by atoms with Crippen LogP contribution in [0.5, 0.6) is 0 Å². The van der Waals surface area contributed by atoms with Crippen LogP contribution in [0.2, 0.25) is 0 Å². The minimum atomic E-state index is -0.861. The molecule has 0 saturated carbocycles. The van der Waals surface area contributed by atoms with E-state index >= 15 is 0 Å². The van der Waals surface area contributed by atoms with Crippen molar-refractivity contribution in [1.82, 2.24) is 0 Å². The molecule has 0 aromatic rings. The van der Waals surface area contributed by atoms with Crippen LogP contribution in [-0.2, 0) is 4.79 Å². The Morgan fingerprint density at radius 2 is 2.00 bits per heavy atom. The maximum absolute atomic E-state index is 10.5. The van der Waals surface area contributed by atoms with Gasteiger partial charge >= 0.3 is 5.97 Å². The molecule has 0 amide bonds. The lowest BCUT2D eigenvalue weighted by Crippen LogP contribution is -2.27. The van der Waals surface area contributed by atoms with E-state index in [1.54, 1.807) is 11.8 Å². The van der Waals surface area contributed by atoms with Crippen molar-refractivity contribution >= 4 is 17.7 Å². The molecule has 0 aromatic heterocycles. The minimum absolute atomic E-state index is 0.537. The molecule has 0 aromatic carbocycles. The number of rotatable bonds is 1. The lowest BCUT2D eigenvalue weighted by Gasteiger charge is -2.14. The van der Waals surface area contributed by atoms with E-state index in [0.717, 1.165) is 11.5 Å².